The molecule has 1 aromatic carbocycles. The number of nitrogens with one attached hydrogen (secondary N) is 1. The Bertz CT molecular complexity index is 818. The van der Waals surface area contributed by atoms with Crippen LogP contribution in [0.3, 0.4) is 0 Å². The second-order valence-corrected chi connectivity index (χ2v) is 4.90. The van der Waals surface area contributed by atoms with E-state index in [9.17, 15) is 9.18 Å². The number of aromatic nitrogens is 3. The molecule has 0 unspecified atom stereocenters. The van der Waals surface area contributed by atoms with Gasteiger partial charge in [-0.05, 0) is 24.3 Å². The van der Waals surface area contributed by atoms with Gasteiger partial charge in [-0.2, -0.15) is 0 Å². The molecule has 8 heteroatoms. The van der Waals surface area contributed by atoms with E-state index in [0.717, 1.165) is 6.07 Å². The lowest BCUT2D eigenvalue weighted by atomic mass is 10.2. The van der Waals surface area contributed by atoms with E-state index in [4.69, 9.17) is 16.0 Å². The molecule has 0 aliphatic heterocycles. The third-order valence-corrected chi connectivity index (χ3v) is 3.26. The van der Waals surface area contributed by atoms with E-state index in [1.54, 1.807) is 24.4 Å². The van der Waals surface area contributed by atoms with E-state index in [1.807, 2.05) is 0 Å². The van der Waals surface area contributed by atoms with Gasteiger partial charge >= 0.3 is 0 Å². The zero-order valence-corrected chi connectivity index (χ0v) is 12.4. The van der Waals surface area contributed by atoms with Crippen molar-refractivity contribution in [1.29, 1.82) is 0 Å². The van der Waals surface area contributed by atoms with E-state index in [-0.39, 0.29) is 28.9 Å². The van der Waals surface area contributed by atoms with Gasteiger partial charge in [-0.25, -0.2) is 4.39 Å². The molecule has 0 spiro atoms. The Morgan fingerprint density at radius 3 is 2.83 bits per heavy atom. The highest BCUT2D eigenvalue weighted by Gasteiger charge is 2.17. The summed E-state index contributed by atoms with van der Waals surface area (Å²) in [7, 11) is 0. The molecule has 6 nitrogen and oxygen atoms in total. The van der Waals surface area contributed by atoms with Crippen LogP contribution in [-0.4, -0.2) is 21.1 Å². The van der Waals surface area contributed by atoms with Crippen molar-refractivity contribution in [2.24, 2.45) is 0 Å². The summed E-state index contributed by atoms with van der Waals surface area (Å²) in [6.07, 6.45) is 1.60. The number of amides is 1. The monoisotopic (exact) mass is 332 g/mol. The van der Waals surface area contributed by atoms with Crippen molar-refractivity contribution in [3.63, 3.8) is 0 Å². The van der Waals surface area contributed by atoms with Crippen LogP contribution in [-0.2, 0) is 6.54 Å². The third-order valence-electron chi connectivity index (χ3n) is 2.94. The van der Waals surface area contributed by atoms with Crippen molar-refractivity contribution in [3.8, 4) is 11.6 Å². The Morgan fingerprint density at radius 2 is 2.09 bits per heavy atom. The summed E-state index contributed by atoms with van der Waals surface area (Å²) in [5.74, 6) is -0.953. The van der Waals surface area contributed by atoms with Crippen molar-refractivity contribution >= 4 is 17.5 Å². The Kier molecular flexibility index (Phi) is 4.29. The van der Waals surface area contributed by atoms with E-state index >= 15 is 0 Å². The van der Waals surface area contributed by atoms with Gasteiger partial charge < -0.3 is 9.73 Å². The molecule has 0 aliphatic carbocycles. The van der Waals surface area contributed by atoms with E-state index in [0.29, 0.717) is 5.69 Å². The summed E-state index contributed by atoms with van der Waals surface area (Å²) >= 11 is 5.83. The van der Waals surface area contributed by atoms with Crippen LogP contribution in [0.1, 0.15) is 16.2 Å². The molecule has 3 rings (SSSR count). The van der Waals surface area contributed by atoms with Crippen LogP contribution >= 0.6 is 11.6 Å². The topological polar surface area (TPSA) is 80.9 Å². The standard InChI is InChI=1S/C15H10ClFN4O2/c16-9-4-3-5-10(17)13(9)14(22)19-8-12-20-21-15(23-12)11-6-1-2-7-18-11/h1-7H,8H2,(H,19,22). The minimum absolute atomic E-state index is 0.0298. The molecule has 0 fully saturated rings. The maximum absolute atomic E-state index is 13.6. The van der Waals surface area contributed by atoms with E-state index < -0.39 is 11.7 Å². The van der Waals surface area contributed by atoms with Gasteiger partial charge in [0.15, 0.2) is 0 Å². The highest BCUT2D eigenvalue weighted by molar-refractivity contribution is 6.33. The van der Waals surface area contributed by atoms with Gasteiger partial charge in [0, 0.05) is 6.20 Å². The lowest BCUT2D eigenvalue weighted by Gasteiger charge is -2.05. The molecule has 23 heavy (non-hydrogen) atoms. The normalized spacial score (nSPS) is 10.5. The lowest BCUT2D eigenvalue weighted by Crippen LogP contribution is -2.24. The minimum atomic E-state index is -0.699. The van der Waals surface area contributed by atoms with Crippen molar-refractivity contribution in [1.82, 2.24) is 20.5 Å². The largest absolute Gasteiger partial charge is 0.417 e. The number of benzene rings is 1. The predicted molar refractivity (Wildman–Crippen MR) is 80.1 cm³/mol. The molecule has 0 saturated carbocycles. The van der Waals surface area contributed by atoms with Crippen LogP contribution in [0.15, 0.2) is 47.0 Å². The number of hydrogen-bond donors (Lipinski definition) is 1. The number of carbonyl (C=O) groups is 1. The van der Waals surface area contributed by atoms with Crippen molar-refractivity contribution in [3.05, 3.63) is 64.9 Å². The van der Waals surface area contributed by atoms with Gasteiger partial charge in [0.25, 0.3) is 11.8 Å². The fraction of sp³-hybridized carbons (Fsp3) is 0.0667. The first-order valence-corrected chi connectivity index (χ1v) is 6.99. The number of hydrogen-bond acceptors (Lipinski definition) is 5. The molecule has 2 aromatic heterocycles. The van der Waals surface area contributed by atoms with Crippen LogP contribution in [0.2, 0.25) is 5.02 Å². The Labute approximate surface area is 135 Å². The van der Waals surface area contributed by atoms with Crippen LogP contribution < -0.4 is 5.32 Å². The highest BCUT2D eigenvalue weighted by Crippen LogP contribution is 2.19. The smallest absolute Gasteiger partial charge is 0.266 e. The summed E-state index contributed by atoms with van der Waals surface area (Å²) < 4.78 is 19.0. The number of pyridine rings is 1. The molecule has 0 aliphatic rings. The Balaban J connectivity index is 1.70. The second-order valence-electron chi connectivity index (χ2n) is 4.50. The summed E-state index contributed by atoms with van der Waals surface area (Å²) in [5.41, 5.74) is 0.299. The SMILES string of the molecule is O=C(NCc1nnc(-c2ccccn2)o1)c1c(F)cccc1Cl. The number of nitrogens with zero attached hydrogens (tertiary/aromatic N) is 3. The van der Waals surface area contributed by atoms with Gasteiger partial charge in [0.05, 0.1) is 17.1 Å². The quantitative estimate of drug-likeness (QED) is 0.794. The first-order valence-electron chi connectivity index (χ1n) is 6.61. The van der Waals surface area contributed by atoms with Crippen molar-refractivity contribution in [2.45, 2.75) is 6.54 Å². The molecular weight excluding hydrogens is 323 g/mol. The fourth-order valence-corrected chi connectivity index (χ4v) is 2.13. The molecule has 2 heterocycles. The summed E-state index contributed by atoms with van der Waals surface area (Å²) in [5, 5.41) is 10.2. The molecule has 0 saturated heterocycles. The van der Waals surface area contributed by atoms with E-state index in [1.165, 1.54) is 12.1 Å². The van der Waals surface area contributed by atoms with Gasteiger partial charge in [-0.15, -0.1) is 10.2 Å². The molecule has 1 N–H and O–H groups in total. The average molecular weight is 333 g/mol. The fourth-order valence-electron chi connectivity index (χ4n) is 1.88. The third kappa shape index (κ3) is 3.35. The highest BCUT2D eigenvalue weighted by atomic mass is 35.5. The number of halogens is 2. The Hall–Kier alpha value is -2.80. The summed E-state index contributed by atoms with van der Waals surface area (Å²) in [4.78, 5) is 16.1. The summed E-state index contributed by atoms with van der Waals surface area (Å²) in [6.45, 7) is -0.0523. The van der Waals surface area contributed by atoms with Crippen molar-refractivity contribution in [2.75, 3.05) is 0 Å². The predicted octanol–water partition coefficient (Wildman–Crippen LogP) is 2.85. The van der Waals surface area contributed by atoms with Crippen LogP contribution in [0.4, 0.5) is 4.39 Å². The van der Waals surface area contributed by atoms with Crippen LogP contribution in [0, 0.1) is 5.82 Å². The van der Waals surface area contributed by atoms with Gasteiger partial charge in [-0.3, -0.25) is 9.78 Å². The zero-order valence-electron chi connectivity index (χ0n) is 11.7. The van der Waals surface area contributed by atoms with Gasteiger partial charge in [0.2, 0.25) is 5.89 Å². The molecule has 3 aromatic rings. The first kappa shape index (κ1) is 15.1. The Morgan fingerprint density at radius 1 is 1.22 bits per heavy atom. The number of carbonyl (C=O) groups excluding carboxylic acids is 1. The lowest BCUT2D eigenvalue weighted by molar-refractivity contribution is 0.0943. The summed E-state index contributed by atoms with van der Waals surface area (Å²) in [6, 6.07) is 9.28. The molecular formula is C15H10ClFN4O2. The molecule has 1 amide bonds. The second kappa shape index (κ2) is 6.53. The zero-order chi connectivity index (χ0) is 16.2. The van der Waals surface area contributed by atoms with Gasteiger partial charge in [0.1, 0.15) is 11.5 Å². The van der Waals surface area contributed by atoms with Gasteiger partial charge in [-0.1, -0.05) is 23.7 Å². The average Bonchev–Trinajstić information content (AvgIpc) is 3.02. The first-order chi connectivity index (χ1) is 11.1. The minimum Gasteiger partial charge on any atom is -0.417 e. The van der Waals surface area contributed by atoms with E-state index in [2.05, 4.69) is 20.5 Å². The molecule has 116 valence electrons. The maximum atomic E-state index is 13.6. The molecule has 0 atom stereocenters. The maximum Gasteiger partial charge on any atom is 0.266 e. The number of rotatable bonds is 4. The molecule has 0 bridgehead atoms. The van der Waals surface area contributed by atoms with Crippen LogP contribution in [0.25, 0.3) is 11.6 Å². The molecule has 0 radical (unpaired) electrons. The van der Waals surface area contributed by atoms with Crippen molar-refractivity contribution < 1.29 is 13.6 Å². The van der Waals surface area contributed by atoms with Crippen LogP contribution in [0.5, 0.6) is 0 Å².